The van der Waals surface area contributed by atoms with Gasteiger partial charge in [-0.2, -0.15) is 0 Å². The highest BCUT2D eigenvalue weighted by Crippen LogP contribution is 2.44. The molecule has 2 unspecified atom stereocenters. The van der Waals surface area contributed by atoms with E-state index in [1.165, 1.54) is 13.0 Å². The van der Waals surface area contributed by atoms with Gasteiger partial charge < -0.3 is 14.8 Å². The molecule has 188 valence electrons. The van der Waals surface area contributed by atoms with E-state index in [-0.39, 0.29) is 5.56 Å². The molecule has 7 heteroatoms. The van der Waals surface area contributed by atoms with Gasteiger partial charge in [0.1, 0.15) is 17.2 Å². The monoisotopic (exact) mass is 497 g/mol. The Morgan fingerprint density at radius 2 is 1.81 bits per heavy atom. The second kappa shape index (κ2) is 9.28. The second-order valence-electron chi connectivity index (χ2n) is 9.95. The van der Waals surface area contributed by atoms with E-state index in [0.29, 0.717) is 30.0 Å². The van der Waals surface area contributed by atoms with Gasteiger partial charge in [-0.15, -0.1) is 0 Å². The molecule has 3 aromatic carbocycles. The van der Waals surface area contributed by atoms with Crippen molar-refractivity contribution in [1.82, 2.24) is 4.98 Å². The van der Waals surface area contributed by atoms with Gasteiger partial charge in [0.2, 0.25) is 0 Å². The fourth-order valence-electron chi connectivity index (χ4n) is 5.25. The first-order chi connectivity index (χ1) is 17.2. The maximum atomic E-state index is 14.5. The number of halogens is 4. The molecule has 1 aliphatic rings. The molecule has 0 amide bonds. The minimum absolute atomic E-state index is 0.167. The van der Waals surface area contributed by atoms with Gasteiger partial charge in [-0.25, -0.2) is 13.2 Å². The zero-order valence-electron chi connectivity index (χ0n) is 19.8. The first-order valence-corrected chi connectivity index (χ1v) is 11.9. The third-order valence-electron chi connectivity index (χ3n) is 7.08. The zero-order valence-corrected chi connectivity index (χ0v) is 19.8. The van der Waals surface area contributed by atoms with Crippen LogP contribution in [0, 0.1) is 5.82 Å². The summed E-state index contributed by atoms with van der Waals surface area (Å²) in [6, 6.07) is 19.7. The number of ether oxygens (including phenoxy) is 1. The predicted molar refractivity (Wildman–Crippen MR) is 132 cm³/mol. The molecule has 5 rings (SSSR count). The SMILES string of the molecule is CC(CF)(CC(O)(Cc1cc2cc(-c3ccccc3)ccc2[nH]1)C(F)F)c1cc(F)cc2c1OCC2. The van der Waals surface area contributed by atoms with Crippen molar-refractivity contribution in [1.29, 1.82) is 0 Å². The van der Waals surface area contributed by atoms with Crippen molar-refractivity contribution in [2.24, 2.45) is 0 Å². The van der Waals surface area contributed by atoms with Crippen molar-refractivity contribution >= 4 is 10.9 Å². The van der Waals surface area contributed by atoms with E-state index in [1.54, 1.807) is 6.07 Å². The molecule has 1 aliphatic heterocycles. The summed E-state index contributed by atoms with van der Waals surface area (Å²) in [7, 11) is 0. The Bertz CT molecular complexity index is 1390. The molecule has 0 bridgehead atoms. The summed E-state index contributed by atoms with van der Waals surface area (Å²) in [6.07, 6.45) is -3.73. The predicted octanol–water partition coefficient (Wildman–Crippen LogP) is 6.77. The van der Waals surface area contributed by atoms with Crippen LogP contribution in [-0.2, 0) is 18.3 Å². The lowest BCUT2D eigenvalue weighted by Crippen LogP contribution is -2.46. The summed E-state index contributed by atoms with van der Waals surface area (Å²) in [5.41, 5.74) is -0.241. The Hall–Kier alpha value is -3.32. The number of hydrogen-bond acceptors (Lipinski definition) is 2. The fraction of sp³-hybridized carbons (Fsp3) is 0.310. The van der Waals surface area contributed by atoms with Crippen molar-refractivity contribution in [3.05, 3.63) is 89.4 Å². The van der Waals surface area contributed by atoms with Crippen LogP contribution in [-0.4, -0.2) is 35.4 Å². The number of aliphatic hydroxyl groups is 1. The molecule has 0 saturated heterocycles. The van der Waals surface area contributed by atoms with Crippen LogP contribution in [0.3, 0.4) is 0 Å². The Morgan fingerprint density at radius 3 is 2.53 bits per heavy atom. The average Bonchev–Trinajstić information content (AvgIpc) is 3.49. The van der Waals surface area contributed by atoms with Gasteiger partial charge in [0, 0.05) is 46.0 Å². The Kier molecular flexibility index (Phi) is 6.29. The van der Waals surface area contributed by atoms with Crippen molar-refractivity contribution in [2.45, 2.75) is 43.6 Å². The van der Waals surface area contributed by atoms with Crippen LogP contribution in [0.25, 0.3) is 22.0 Å². The van der Waals surface area contributed by atoms with E-state index in [2.05, 4.69) is 4.98 Å². The molecule has 0 spiro atoms. The number of aromatic nitrogens is 1. The van der Waals surface area contributed by atoms with Crippen molar-refractivity contribution in [3.63, 3.8) is 0 Å². The van der Waals surface area contributed by atoms with E-state index in [4.69, 9.17) is 4.74 Å². The summed E-state index contributed by atoms with van der Waals surface area (Å²) in [5, 5.41) is 12.0. The first kappa shape index (κ1) is 24.4. The first-order valence-electron chi connectivity index (χ1n) is 11.9. The maximum Gasteiger partial charge on any atom is 0.267 e. The Balaban J connectivity index is 1.47. The van der Waals surface area contributed by atoms with Gasteiger partial charge in [-0.3, -0.25) is 4.39 Å². The largest absolute Gasteiger partial charge is 0.493 e. The molecule has 0 fully saturated rings. The minimum Gasteiger partial charge on any atom is -0.493 e. The van der Waals surface area contributed by atoms with Gasteiger partial charge in [0.05, 0.1) is 13.3 Å². The number of hydrogen-bond donors (Lipinski definition) is 2. The third-order valence-corrected chi connectivity index (χ3v) is 7.08. The van der Waals surface area contributed by atoms with Gasteiger partial charge in [-0.05, 0) is 47.9 Å². The van der Waals surface area contributed by atoms with E-state index < -0.39 is 42.8 Å². The van der Waals surface area contributed by atoms with Crippen LogP contribution in [0.2, 0.25) is 0 Å². The Morgan fingerprint density at radius 1 is 1.03 bits per heavy atom. The molecule has 3 nitrogen and oxygen atoms in total. The highest BCUT2D eigenvalue weighted by molar-refractivity contribution is 5.85. The van der Waals surface area contributed by atoms with Gasteiger partial charge in [0.15, 0.2) is 0 Å². The summed E-state index contributed by atoms with van der Waals surface area (Å²) in [4.78, 5) is 3.11. The summed E-state index contributed by atoms with van der Waals surface area (Å²) in [5.74, 6) is -0.258. The standard InChI is InChI=1S/C29H27F4NO2/c1-28(17-30,24-14-22(31)12-20-9-10-36-26(20)24)16-29(35,27(32)33)15-23-13-21-11-19(7-8-25(21)34-23)18-5-3-2-4-6-18/h2-8,11-14,27,34-35H,9-10,15-17H2,1H3. The average molecular weight is 498 g/mol. The van der Waals surface area contributed by atoms with Crippen LogP contribution >= 0.6 is 0 Å². The topological polar surface area (TPSA) is 45.2 Å². The van der Waals surface area contributed by atoms with Gasteiger partial charge >= 0.3 is 0 Å². The van der Waals surface area contributed by atoms with Crippen LogP contribution in [0.1, 0.15) is 30.2 Å². The van der Waals surface area contributed by atoms with Crippen molar-refractivity contribution < 1.29 is 27.4 Å². The highest BCUT2D eigenvalue weighted by atomic mass is 19.3. The number of nitrogens with one attached hydrogen (secondary N) is 1. The molecular formula is C29H27F4NO2. The normalized spacial score (nSPS) is 16.5. The lowest BCUT2D eigenvalue weighted by molar-refractivity contribution is -0.113. The smallest absolute Gasteiger partial charge is 0.267 e. The van der Waals surface area contributed by atoms with E-state index in [1.807, 2.05) is 48.5 Å². The number of rotatable bonds is 8. The van der Waals surface area contributed by atoms with Gasteiger partial charge in [0.25, 0.3) is 6.43 Å². The quantitative estimate of drug-likeness (QED) is 0.264. The molecule has 1 aromatic heterocycles. The number of aromatic amines is 1. The molecule has 0 aliphatic carbocycles. The number of benzene rings is 3. The lowest BCUT2D eigenvalue weighted by atomic mass is 9.72. The molecule has 2 N–H and O–H groups in total. The van der Waals surface area contributed by atoms with E-state index in [9.17, 15) is 22.7 Å². The highest BCUT2D eigenvalue weighted by Gasteiger charge is 2.47. The van der Waals surface area contributed by atoms with Crippen LogP contribution in [0.5, 0.6) is 5.75 Å². The van der Waals surface area contributed by atoms with Gasteiger partial charge in [-0.1, -0.05) is 43.3 Å². The fourth-order valence-corrected chi connectivity index (χ4v) is 5.25. The molecule has 36 heavy (non-hydrogen) atoms. The second-order valence-corrected chi connectivity index (χ2v) is 9.95. The molecule has 2 heterocycles. The van der Waals surface area contributed by atoms with E-state index in [0.717, 1.165) is 28.1 Å². The van der Waals surface area contributed by atoms with Crippen LogP contribution < -0.4 is 4.74 Å². The number of H-pyrrole nitrogens is 1. The van der Waals surface area contributed by atoms with Crippen LogP contribution in [0.15, 0.2) is 66.7 Å². The number of fused-ring (bicyclic) bond motifs is 2. The van der Waals surface area contributed by atoms with Crippen molar-refractivity contribution in [2.75, 3.05) is 13.3 Å². The lowest BCUT2D eigenvalue weighted by Gasteiger charge is -2.37. The molecule has 0 saturated carbocycles. The zero-order chi connectivity index (χ0) is 25.5. The summed E-state index contributed by atoms with van der Waals surface area (Å²) >= 11 is 0. The molecule has 4 aromatic rings. The van der Waals surface area contributed by atoms with Crippen molar-refractivity contribution in [3.8, 4) is 16.9 Å². The Labute approximate surface area is 206 Å². The van der Waals surface area contributed by atoms with Crippen LogP contribution in [0.4, 0.5) is 17.6 Å². The third kappa shape index (κ3) is 4.48. The van der Waals surface area contributed by atoms with E-state index >= 15 is 0 Å². The summed E-state index contributed by atoms with van der Waals surface area (Å²) < 4.78 is 63.1. The minimum atomic E-state index is -3.16. The molecular weight excluding hydrogens is 470 g/mol. The maximum absolute atomic E-state index is 14.5. The summed E-state index contributed by atoms with van der Waals surface area (Å²) in [6.45, 7) is 0.677. The molecule has 2 atom stereocenters. The molecule has 0 radical (unpaired) electrons. The number of alkyl halides is 3.